The smallest absolute Gasteiger partial charge is 0.410 e. The molecule has 2 amide bonds. The molecule has 2 aliphatic rings. The predicted octanol–water partition coefficient (Wildman–Crippen LogP) is 2.89. The summed E-state index contributed by atoms with van der Waals surface area (Å²) >= 11 is 0. The molecule has 11 heteroatoms. The Labute approximate surface area is 216 Å². The maximum atomic E-state index is 13.4. The molecule has 1 N–H and O–H groups in total. The van der Waals surface area contributed by atoms with Crippen molar-refractivity contribution in [3.63, 3.8) is 0 Å². The molecular weight excluding hydrogens is 494 g/mol. The first-order valence-corrected chi connectivity index (χ1v) is 13.7. The summed E-state index contributed by atoms with van der Waals surface area (Å²) in [4.78, 5) is 31.0. The van der Waals surface area contributed by atoms with Gasteiger partial charge in [-0.15, -0.1) is 0 Å². The Morgan fingerprint density at radius 2 is 1.86 bits per heavy atom. The highest BCUT2D eigenvalue weighted by atomic mass is 32.2. The molecule has 2 aromatic heterocycles. The Morgan fingerprint density at radius 1 is 1.11 bits per heavy atom. The van der Waals surface area contributed by atoms with Crippen LogP contribution in [0.5, 0.6) is 0 Å². The summed E-state index contributed by atoms with van der Waals surface area (Å²) in [5.41, 5.74) is 1.44. The molecule has 10 nitrogen and oxygen atoms in total. The number of pyridine rings is 1. The average Bonchev–Trinajstić information content (AvgIpc) is 3.56. The van der Waals surface area contributed by atoms with Crippen LogP contribution in [-0.4, -0.2) is 70.3 Å². The molecule has 0 aliphatic carbocycles. The predicted molar refractivity (Wildman–Crippen MR) is 136 cm³/mol. The number of sulfonamides is 1. The lowest BCUT2D eigenvalue weighted by Crippen LogP contribution is -2.41. The zero-order valence-corrected chi connectivity index (χ0v) is 21.9. The van der Waals surface area contributed by atoms with Gasteiger partial charge in [0.05, 0.1) is 10.5 Å². The van der Waals surface area contributed by atoms with Crippen LogP contribution in [0.1, 0.15) is 43.1 Å². The van der Waals surface area contributed by atoms with Crippen LogP contribution in [0.15, 0.2) is 59.9 Å². The number of carbonyl (C=O) groups excluding carboxylic acids is 2. The normalized spacial score (nSPS) is 20.2. The first kappa shape index (κ1) is 25.2. The zero-order valence-electron chi connectivity index (χ0n) is 21.1. The van der Waals surface area contributed by atoms with E-state index in [2.05, 4.69) is 10.3 Å². The molecule has 0 unspecified atom stereocenters. The number of nitrogens with zero attached hydrogens (tertiary/aromatic N) is 4. The third-order valence-corrected chi connectivity index (χ3v) is 8.72. The number of carbonyl (C=O) groups is 2. The molecule has 2 saturated heterocycles. The lowest BCUT2D eigenvalue weighted by Gasteiger charge is -2.26. The first-order valence-electron chi connectivity index (χ1n) is 12.3. The van der Waals surface area contributed by atoms with Crippen molar-refractivity contribution in [2.75, 3.05) is 19.6 Å². The van der Waals surface area contributed by atoms with Crippen LogP contribution in [-0.2, 0) is 21.3 Å². The molecule has 37 heavy (non-hydrogen) atoms. The Bertz CT molecular complexity index is 1430. The standard InChI is InChI=1S/C26H31N5O5S/c1-26(2,3)36-25(33)30-15-19-10-12-31(22(19)17-30)37(34,35)21-7-4-18(5-8-21)14-28-24(32)20-6-9-23-27-11-13-29(23)16-20/h4-9,11,13,16,19,22H,10,12,14-15,17H2,1-3H3,(H,28,32)/t19-,22+/m0/s1. The van der Waals surface area contributed by atoms with E-state index in [1.54, 1.807) is 64.3 Å². The molecule has 0 spiro atoms. The lowest BCUT2D eigenvalue weighted by molar-refractivity contribution is 0.0278. The van der Waals surface area contributed by atoms with Gasteiger partial charge in [-0.1, -0.05) is 12.1 Å². The second-order valence-corrected chi connectivity index (χ2v) is 12.4. The quantitative estimate of drug-likeness (QED) is 0.548. The van der Waals surface area contributed by atoms with E-state index in [1.807, 2.05) is 20.8 Å². The van der Waals surface area contributed by atoms with Crippen LogP contribution in [0, 0.1) is 5.92 Å². The summed E-state index contributed by atoms with van der Waals surface area (Å²) in [5, 5.41) is 2.87. The van der Waals surface area contributed by atoms with E-state index in [-0.39, 0.29) is 29.3 Å². The largest absolute Gasteiger partial charge is 0.444 e. The van der Waals surface area contributed by atoms with Crippen LogP contribution in [0.25, 0.3) is 5.65 Å². The number of ether oxygens (including phenoxy) is 1. The maximum Gasteiger partial charge on any atom is 0.410 e. The van der Waals surface area contributed by atoms with Crippen LogP contribution in [0.2, 0.25) is 0 Å². The van der Waals surface area contributed by atoms with E-state index >= 15 is 0 Å². The highest BCUT2D eigenvalue weighted by molar-refractivity contribution is 7.89. The fourth-order valence-corrected chi connectivity index (χ4v) is 6.64. The summed E-state index contributed by atoms with van der Waals surface area (Å²) < 4.78 is 35.7. The second-order valence-electron chi connectivity index (χ2n) is 10.6. The molecule has 0 bridgehead atoms. The minimum Gasteiger partial charge on any atom is -0.444 e. The number of rotatable bonds is 5. The van der Waals surface area contributed by atoms with Crippen molar-refractivity contribution >= 4 is 27.7 Å². The molecule has 0 radical (unpaired) electrons. The van der Waals surface area contributed by atoms with Gasteiger partial charge in [0, 0.05) is 50.8 Å². The Balaban J connectivity index is 1.21. The molecule has 1 aromatic carbocycles. The number of benzene rings is 1. The Kier molecular flexibility index (Phi) is 6.45. The first-order chi connectivity index (χ1) is 17.5. The summed E-state index contributed by atoms with van der Waals surface area (Å²) in [6.45, 7) is 6.96. The minimum absolute atomic E-state index is 0.0957. The molecule has 2 atom stereocenters. The van der Waals surface area contributed by atoms with Crippen molar-refractivity contribution in [3.8, 4) is 0 Å². The molecule has 0 saturated carbocycles. The van der Waals surface area contributed by atoms with Gasteiger partial charge in [0.25, 0.3) is 5.91 Å². The number of hydrogen-bond donors (Lipinski definition) is 1. The number of nitrogens with one attached hydrogen (secondary N) is 1. The third kappa shape index (κ3) is 5.19. The number of fused-ring (bicyclic) bond motifs is 2. The fraction of sp³-hybridized carbons (Fsp3) is 0.423. The average molecular weight is 526 g/mol. The minimum atomic E-state index is -3.72. The maximum absolute atomic E-state index is 13.4. The number of aromatic nitrogens is 2. The summed E-state index contributed by atoms with van der Waals surface area (Å²) in [6, 6.07) is 9.79. The second kappa shape index (κ2) is 9.46. The monoisotopic (exact) mass is 525 g/mol. The number of amides is 2. The molecule has 3 aromatic rings. The number of hydrogen-bond acceptors (Lipinski definition) is 6. The van der Waals surface area contributed by atoms with Gasteiger partial charge >= 0.3 is 6.09 Å². The summed E-state index contributed by atoms with van der Waals surface area (Å²) in [5.74, 6) is -0.135. The highest BCUT2D eigenvalue weighted by Gasteiger charge is 2.48. The summed E-state index contributed by atoms with van der Waals surface area (Å²) in [6.07, 6.45) is 5.45. The van der Waals surface area contributed by atoms with Crippen molar-refractivity contribution in [1.82, 2.24) is 23.9 Å². The van der Waals surface area contributed by atoms with Gasteiger partial charge in [-0.25, -0.2) is 18.2 Å². The topological polar surface area (TPSA) is 113 Å². The van der Waals surface area contributed by atoms with Crippen molar-refractivity contribution in [1.29, 1.82) is 0 Å². The van der Waals surface area contributed by atoms with Gasteiger partial charge < -0.3 is 19.4 Å². The lowest BCUT2D eigenvalue weighted by atomic mass is 10.1. The number of likely N-dealkylation sites (tertiary alicyclic amines) is 1. The molecule has 196 valence electrons. The van der Waals surface area contributed by atoms with E-state index in [0.29, 0.717) is 31.6 Å². The SMILES string of the molecule is CC(C)(C)OC(=O)N1C[C@@H]2CCN(S(=O)(=O)c3ccc(CNC(=O)c4ccc5nccn5c4)cc3)[C@@H]2C1. The van der Waals surface area contributed by atoms with E-state index < -0.39 is 21.7 Å². The molecule has 4 heterocycles. The van der Waals surface area contributed by atoms with Crippen molar-refractivity contribution in [2.45, 2.75) is 50.3 Å². The van der Waals surface area contributed by atoms with Crippen LogP contribution >= 0.6 is 0 Å². The van der Waals surface area contributed by atoms with Gasteiger partial charge in [-0.2, -0.15) is 4.31 Å². The number of imidazole rings is 1. The Morgan fingerprint density at radius 3 is 2.59 bits per heavy atom. The third-order valence-electron chi connectivity index (χ3n) is 6.78. The molecular formula is C26H31N5O5S. The van der Waals surface area contributed by atoms with Crippen LogP contribution < -0.4 is 5.32 Å². The molecule has 2 aliphatic heterocycles. The highest BCUT2D eigenvalue weighted by Crippen LogP contribution is 2.36. The van der Waals surface area contributed by atoms with Gasteiger partial charge in [0.2, 0.25) is 10.0 Å². The van der Waals surface area contributed by atoms with Gasteiger partial charge in [-0.05, 0) is 62.9 Å². The zero-order chi connectivity index (χ0) is 26.4. The molecule has 5 rings (SSSR count). The van der Waals surface area contributed by atoms with E-state index in [9.17, 15) is 18.0 Å². The van der Waals surface area contributed by atoms with Gasteiger partial charge in [0.15, 0.2) is 0 Å². The van der Waals surface area contributed by atoms with Crippen LogP contribution in [0.3, 0.4) is 0 Å². The molecule has 2 fully saturated rings. The van der Waals surface area contributed by atoms with E-state index in [1.165, 1.54) is 4.31 Å². The summed E-state index contributed by atoms with van der Waals surface area (Å²) in [7, 11) is -3.72. The van der Waals surface area contributed by atoms with Crippen molar-refractivity contribution in [3.05, 3.63) is 66.1 Å². The Hall–Kier alpha value is -3.44. The van der Waals surface area contributed by atoms with Crippen molar-refractivity contribution < 1.29 is 22.7 Å². The van der Waals surface area contributed by atoms with E-state index in [0.717, 1.165) is 11.2 Å². The van der Waals surface area contributed by atoms with Crippen molar-refractivity contribution in [2.24, 2.45) is 5.92 Å². The van der Waals surface area contributed by atoms with Gasteiger partial charge in [-0.3, -0.25) is 4.79 Å². The van der Waals surface area contributed by atoms with Gasteiger partial charge in [0.1, 0.15) is 11.2 Å². The van der Waals surface area contributed by atoms with E-state index in [4.69, 9.17) is 4.74 Å². The fourth-order valence-electron chi connectivity index (χ4n) is 4.95. The van der Waals surface area contributed by atoms with Crippen LogP contribution in [0.4, 0.5) is 4.79 Å².